The highest BCUT2D eigenvalue weighted by Crippen LogP contribution is 2.28. The number of benzene rings is 2. The van der Waals surface area contributed by atoms with Crippen molar-refractivity contribution in [3.8, 4) is 0 Å². The molecule has 0 radical (unpaired) electrons. The van der Waals surface area contributed by atoms with Crippen LogP contribution in [-0.4, -0.2) is 10.8 Å². The van der Waals surface area contributed by atoms with Gasteiger partial charge in [-0.1, -0.05) is 17.7 Å². The summed E-state index contributed by atoms with van der Waals surface area (Å²) in [4.78, 5) is 15.8. The molecule has 0 unspecified atom stereocenters. The highest BCUT2D eigenvalue weighted by molar-refractivity contribution is 9.10. The Hall–Kier alpha value is -2.07. The summed E-state index contributed by atoms with van der Waals surface area (Å²) in [5, 5.41) is 0.935. The van der Waals surface area contributed by atoms with E-state index in [4.69, 9.17) is 5.73 Å². The van der Waals surface area contributed by atoms with Crippen molar-refractivity contribution in [3.05, 3.63) is 63.8 Å². The Balaban J connectivity index is 2.18. The molecule has 2 aromatic carbocycles. The predicted molar refractivity (Wildman–Crippen MR) is 85.0 cm³/mol. The molecule has 0 saturated heterocycles. The Morgan fingerprint density at radius 1 is 1.20 bits per heavy atom. The average Bonchev–Trinajstić information content (AvgIpc) is 2.84. The van der Waals surface area contributed by atoms with Crippen molar-refractivity contribution in [2.75, 3.05) is 5.73 Å². The zero-order chi connectivity index (χ0) is 14.3. The Morgan fingerprint density at radius 3 is 2.80 bits per heavy atom. The average molecular weight is 329 g/mol. The quantitative estimate of drug-likeness (QED) is 0.550. The molecular weight excluding hydrogens is 316 g/mol. The van der Waals surface area contributed by atoms with Gasteiger partial charge in [-0.3, -0.25) is 4.79 Å². The molecule has 1 aromatic heterocycles. The van der Waals surface area contributed by atoms with Gasteiger partial charge in [0.15, 0.2) is 5.78 Å². The summed E-state index contributed by atoms with van der Waals surface area (Å²) in [6.07, 6.45) is 1.75. The predicted octanol–water partition coefficient (Wildman–Crippen LogP) is 4.05. The van der Waals surface area contributed by atoms with Gasteiger partial charge < -0.3 is 10.7 Å². The van der Waals surface area contributed by atoms with Crippen molar-refractivity contribution in [1.82, 2.24) is 4.98 Å². The molecule has 3 aromatic rings. The van der Waals surface area contributed by atoms with E-state index in [1.807, 2.05) is 25.1 Å². The Kier molecular flexibility index (Phi) is 3.10. The van der Waals surface area contributed by atoms with Gasteiger partial charge in [0.2, 0.25) is 0 Å². The van der Waals surface area contributed by atoms with Gasteiger partial charge >= 0.3 is 0 Å². The van der Waals surface area contributed by atoms with E-state index >= 15 is 0 Å². The SMILES string of the molecule is Cc1ccc2[nH]cc(C(=O)c3cccc(N)c3Br)c2c1. The number of aromatic amines is 1. The van der Waals surface area contributed by atoms with Crippen LogP contribution in [0.2, 0.25) is 0 Å². The van der Waals surface area contributed by atoms with Gasteiger partial charge in [-0.05, 0) is 47.1 Å². The smallest absolute Gasteiger partial charge is 0.196 e. The number of nitrogens with one attached hydrogen (secondary N) is 1. The molecule has 100 valence electrons. The summed E-state index contributed by atoms with van der Waals surface area (Å²) in [6, 6.07) is 11.3. The number of aryl methyl sites for hydroxylation is 1. The van der Waals surface area contributed by atoms with E-state index in [1.54, 1.807) is 24.4 Å². The molecule has 3 rings (SSSR count). The van der Waals surface area contributed by atoms with E-state index < -0.39 is 0 Å². The first-order valence-corrected chi connectivity index (χ1v) is 7.03. The molecule has 0 atom stereocenters. The Labute approximate surface area is 124 Å². The molecule has 0 bridgehead atoms. The Bertz CT molecular complexity index is 820. The first kappa shape index (κ1) is 12.9. The number of halogens is 1. The second-order valence-corrected chi connectivity index (χ2v) is 5.58. The normalized spacial score (nSPS) is 10.9. The molecule has 4 heteroatoms. The zero-order valence-electron chi connectivity index (χ0n) is 10.9. The number of hydrogen-bond acceptors (Lipinski definition) is 2. The second kappa shape index (κ2) is 4.80. The molecule has 3 N–H and O–H groups in total. The van der Waals surface area contributed by atoms with Crippen molar-refractivity contribution < 1.29 is 4.79 Å². The fourth-order valence-electron chi connectivity index (χ4n) is 2.29. The molecule has 0 spiro atoms. The number of H-pyrrole nitrogens is 1. The molecular formula is C16H13BrN2O. The van der Waals surface area contributed by atoms with Crippen molar-refractivity contribution >= 4 is 38.3 Å². The third kappa shape index (κ3) is 2.02. The highest BCUT2D eigenvalue weighted by Gasteiger charge is 2.17. The number of ketones is 1. The van der Waals surface area contributed by atoms with Crippen LogP contribution < -0.4 is 5.73 Å². The molecule has 20 heavy (non-hydrogen) atoms. The number of fused-ring (bicyclic) bond motifs is 1. The lowest BCUT2D eigenvalue weighted by atomic mass is 10.0. The largest absolute Gasteiger partial charge is 0.398 e. The maximum Gasteiger partial charge on any atom is 0.196 e. The number of carbonyl (C=O) groups is 1. The molecule has 0 aliphatic heterocycles. The lowest BCUT2D eigenvalue weighted by Gasteiger charge is -2.05. The van der Waals surface area contributed by atoms with Gasteiger partial charge in [0, 0.05) is 33.9 Å². The fourth-order valence-corrected chi connectivity index (χ4v) is 2.74. The van der Waals surface area contributed by atoms with Gasteiger partial charge in [0.05, 0.1) is 4.47 Å². The van der Waals surface area contributed by atoms with Crippen LogP contribution in [0.3, 0.4) is 0 Å². The molecule has 0 saturated carbocycles. The Morgan fingerprint density at radius 2 is 2.00 bits per heavy atom. The van der Waals surface area contributed by atoms with Gasteiger partial charge in [-0.15, -0.1) is 0 Å². The van der Waals surface area contributed by atoms with E-state index in [-0.39, 0.29) is 5.78 Å². The summed E-state index contributed by atoms with van der Waals surface area (Å²) in [7, 11) is 0. The molecule has 3 nitrogen and oxygen atoms in total. The van der Waals surface area contributed by atoms with Crippen LogP contribution in [0.25, 0.3) is 10.9 Å². The summed E-state index contributed by atoms with van der Waals surface area (Å²) in [5.74, 6) is -0.0407. The minimum atomic E-state index is -0.0407. The summed E-state index contributed by atoms with van der Waals surface area (Å²) < 4.78 is 0.645. The van der Waals surface area contributed by atoms with Crippen molar-refractivity contribution in [2.45, 2.75) is 6.92 Å². The lowest BCUT2D eigenvalue weighted by Crippen LogP contribution is -2.03. The number of nitrogen functional groups attached to an aromatic ring is 1. The first-order valence-electron chi connectivity index (χ1n) is 6.24. The minimum Gasteiger partial charge on any atom is -0.398 e. The zero-order valence-corrected chi connectivity index (χ0v) is 12.5. The molecule has 1 heterocycles. The third-order valence-corrected chi connectivity index (χ3v) is 4.24. The third-order valence-electron chi connectivity index (χ3n) is 3.36. The lowest BCUT2D eigenvalue weighted by molar-refractivity contribution is 0.103. The number of rotatable bonds is 2. The molecule has 0 fully saturated rings. The van der Waals surface area contributed by atoms with Crippen molar-refractivity contribution in [1.29, 1.82) is 0 Å². The van der Waals surface area contributed by atoms with E-state index in [0.717, 1.165) is 16.5 Å². The summed E-state index contributed by atoms with van der Waals surface area (Å²) in [5.41, 5.74) is 9.72. The topological polar surface area (TPSA) is 58.9 Å². The van der Waals surface area contributed by atoms with Crippen LogP contribution in [0.1, 0.15) is 21.5 Å². The van der Waals surface area contributed by atoms with E-state index in [0.29, 0.717) is 21.3 Å². The van der Waals surface area contributed by atoms with Crippen molar-refractivity contribution in [3.63, 3.8) is 0 Å². The fraction of sp³-hybridized carbons (Fsp3) is 0.0625. The summed E-state index contributed by atoms with van der Waals surface area (Å²) in [6.45, 7) is 2.01. The van der Waals surface area contributed by atoms with Crippen LogP contribution in [0.4, 0.5) is 5.69 Å². The second-order valence-electron chi connectivity index (χ2n) is 4.79. The molecule has 0 aliphatic carbocycles. The number of carbonyl (C=O) groups excluding carboxylic acids is 1. The van der Waals surface area contributed by atoms with Crippen LogP contribution >= 0.6 is 15.9 Å². The van der Waals surface area contributed by atoms with Crippen LogP contribution in [0, 0.1) is 6.92 Å². The van der Waals surface area contributed by atoms with Gasteiger partial charge in [-0.2, -0.15) is 0 Å². The van der Waals surface area contributed by atoms with E-state index in [2.05, 4.69) is 20.9 Å². The summed E-state index contributed by atoms with van der Waals surface area (Å²) >= 11 is 3.39. The van der Waals surface area contributed by atoms with Gasteiger partial charge in [0.1, 0.15) is 0 Å². The number of anilines is 1. The van der Waals surface area contributed by atoms with E-state index in [1.165, 1.54) is 0 Å². The van der Waals surface area contributed by atoms with E-state index in [9.17, 15) is 4.79 Å². The molecule has 0 amide bonds. The maximum absolute atomic E-state index is 12.7. The number of aromatic nitrogens is 1. The number of hydrogen-bond donors (Lipinski definition) is 2. The van der Waals surface area contributed by atoms with Crippen LogP contribution in [0.5, 0.6) is 0 Å². The van der Waals surface area contributed by atoms with Crippen LogP contribution in [-0.2, 0) is 0 Å². The highest BCUT2D eigenvalue weighted by atomic mass is 79.9. The first-order chi connectivity index (χ1) is 9.58. The van der Waals surface area contributed by atoms with Gasteiger partial charge in [0.25, 0.3) is 0 Å². The standard InChI is InChI=1S/C16H13BrN2O/c1-9-5-6-14-11(7-9)12(8-19-14)16(20)10-3-2-4-13(18)15(10)17/h2-8,19H,18H2,1H3. The van der Waals surface area contributed by atoms with Crippen molar-refractivity contribution in [2.24, 2.45) is 0 Å². The van der Waals surface area contributed by atoms with Crippen LogP contribution in [0.15, 0.2) is 47.1 Å². The number of nitrogens with two attached hydrogens (primary N) is 1. The monoisotopic (exact) mass is 328 g/mol. The van der Waals surface area contributed by atoms with Gasteiger partial charge in [-0.25, -0.2) is 0 Å². The minimum absolute atomic E-state index is 0.0407. The maximum atomic E-state index is 12.7. The molecule has 0 aliphatic rings.